The summed E-state index contributed by atoms with van der Waals surface area (Å²) in [6.45, 7) is 1.87. The van der Waals surface area contributed by atoms with Crippen molar-refractivity contribution in [2.45, 2.75) is 19.8 Å². The Hall–Kier alpha value is -3.87. The maximum atomic E-state index is 12.2. The molecule has 0 fully saturated rings. The minimum atomic E-state index is -0.939. The van der Waals surface area contributed by atoms with Gasteiger partial charge in [0, 0.05) is 5.39 Å². The third kappa shape index (κ3) is 4.14. The van der Waals surface area contributed by atoms with Gasteiger partial charge >= 0.3 is 5.97 Å². The van der Waals surface area contributed by atoms with Gasteiger partial charge < -0.3 is 20.3 Å². The van der Waals surface area contributed by atoms with E-state index in [-0.39, 0.29) is 12.5 Å². The van der Waals surface area contributed by atoms with Crippen LogP contribution in [0.4, 0.5) is 0 Å². The standard InChI is InChI=1S/C25H24N2O5/c1-14-9-16(11-15-7-8-20(21(12-15)31-2)32-13-22(26)28)24-18(10-14)23(25(29)30)17-5-3-4-6-19(17)27-24/h3-8,11-12,14H,9-10,13H2,1-2H3,(H2,26,28)(H,29,30). The average molecular weight is 432 g/mol. The fourth-order valence-electron chi connectivity index (χ4n) is 4.22. The molecule has 1 aliphatic carbocycles. The molecule has 1 aromatic heterocycles. The number of para-hydroxylation sites is 1. The van der Waals surface area contributed by atoms with Gasteiger partial charge in [-0.2, -0.15) is 0 Å². The summed E-state index contributed by atoms with van der Waals surface area (Å²) in [6, 6.07) is 12.7. The fourth-order valence-corrected chi connectivity index (χ4v) is 4.22. The highest BCUT2D eigenvalue weighted by Crippen LogP contribution is 2.39. The van der Waals surface area contributed by atoms with Crippen molar-refractivity contribution < 1.29 is 24.2 Å². The molecule has 2 aromatic carbocycles. The summed E-state index contributed by atoms with van der Waals surface area (Å²) in [6.07, 6.45) is 3.44. The molecule has 1 atom stereocenters. The van der Waals surface area contributed by atoms with Crippen molar-refractivity contribution in [3.63, 3.8) is 0 Å². The molecule has 0 bridgehead atoms. The second-order valence-electron chi connectivity index (χ2n) is 7.98. The molecule has 3 N–H and O–H groups in total. The zero-order chi connectivity index (χ0) is 22.8. The second kappa shape index (κ2) is 8.70. The first-order valence-corrected chi connectivity index (χ1v) is 10.3. The molecule has 164 valence electrons. The molecular weight excluding hydrogens is 408 g/mol. The zero-order valence-electron chi connectivity index (χ0n) is 17.9. The van der Waals surface area contributed by atoms with E-state index < -0.39 is 11.9 Å². The number of carboxylic acid groups (broad SMARTS) is 1. The van der Waals surface area contributed by atoms with Gasteiger partial charge in [-0.1, -0.05) is 31.2 Å². The first-order chi connectivity index (χ1) is 15.4. The molecule has 0 aliphatic heterocycles. The Balaban J connectivity index is 1.83. The number of allylic oxidation sites excluding steroid dienone is 1. The van der Waals surface area contributed by atoms with Gasteiger partial charge in [-0.25, -0.2) is 9.78 Å². The molecule has 4 rings (SSSR count). The maximum absolute atomic E-state index is 12.2. The van der Waals surface area contributed by atoms with E-state index in [1.165, 1.54) is 7.11 Å². The molecule has 1 heterocycles. The smallest absolute Gasteiger partial charge is 0.336 e. The summed E-state index contributed by atoms with van der Waals surface area (Å²) in [5.41, 5.74) is 9.48. The van der Waals surface area contributed by atoms with E-state index in [1.54, 1.807) is 12.1 Å². The van der Waals surface area contributed by atoms with Gasteiger partial charge in [0.15, 0.2) is 18.1 Å². The highest BCUT2D eigenvalue weighted by atomic mass is 16.5. The summed E-state index contributed by atoms with van der Waals surface area (Å²) < 4.78 is 10.8. The van der Waals surface area contributed by atoms with Crippen molar-refractivity contribution in [2.75, 3.05) is 13.7 Å². The lowest BCUT2D eigenvalue weighted by Gasteiger charge is -2.26. The number of ether oxygens (including phenoxy) is 2. The molecule has 1 aliphatic rings. The number of aromatic nitrogens is 1. The van der Waals surface area contributed by atoms with Gasteiger partial charge in [0.2, 0.25) is 0 Å². The van der Waals surface area contributed by atoms with E-state index >= 15 is 0 Å². The number of carbonyl (C=O) groups is 2. The Morgan fingerprint density at radius 1 is 1.19 bits per heavy atom. The topological polar surface area (TPSA) is 112 Å². The number of pyridine rings is 1. The molecule has 3 aromatic rings. The van der Waals surface area contributed by atoms with Crippen molar-refractivity contribution in [1.82, 2.24) is 4.98 Å². The third-order valence-electron chi connectivity index (χ3n) is 5.53. The monoisotopic (exact) mass is 432 g/mol. The number of nitrogens with two attached hydrogens (primary N) is 1. The summed E-state index contributed by atoms with van der Waals surface area (Å²) >= 11 is 0. The van der Waals surface area contributed by atoms with E-state index in [4.69, 9.17) is 20.2 Å². The average Bonchev–Trinajstić information content (AvgIpc) is 2.76. The van der Waals surface area contributed by atoms with Crippen LogP contribution in [0.25, 0.3) is 22.6 Å². The van der Waals surface area contributed by atoms with Crippen LogP contribution in [0, 0.1) is 5.92 Å². The first kappa shape index (κ1) is 21.4. The summed E-state index contributed by atoms with van der Waals surface area (Å²) in [5, 5.41) is 10.6. The van der Waals surface area contributed by atoms with Gasteiger partial charge in [-0.3, -0.25) is 4.79 Å². The number of amides is 1. The van der Waals surface area contributed by atoms with Gasteiger partial charge in [0.1, 0.15) is 0 Å². The first-order valence-electron chi connectivity index (χ1n) is 10.3. The lowest BCUT2D eigenvalue weighted by atomic mass is 9.80. The molecular formula is C25H24N2O5. The number of primary amides is 1. The van der Waals surface area contributed by atoms with E-state index in [1.807, 2.05) is 36.4 Å². The van der Waals surface area contributed by atoms with Crippen LogP contribution in [0.1, 0.15) is 40.5 Å². The largest absolute Gasteiger partial charge is 0.493 e. The molecule has 32 heavy (non-hydrogen) atoms. The van der Waals surface area contributed by atoms with Gasteiger partial charge in [0.05, 0.1) is 23.9 Å². The number of fused-ring (bicyclic) bond motifs is 2. The highest BCUT2D eigenvalue weighted by Gasteiger charge is 2.28. The van der Waals surface area contributed by atoms with Crippen molar-refractivity contribution in [1.29, 1.82) is 0 Å². The van der Waals surface area contributed by atoms with E-state index in [9.17, 15) is 14.7 Å². The normalized spacial score (nSPS) is 16.6. The van der Waals surface area contributed by atoms with Crippen molar-refractivity contribution in [3.05, 3.63) is 64.8 Å². The fraction of sp³-hybridized carbons (Fsp3) is 0.240. The number of aromatic carboxylic acids is 1. The lowest BCUT2D eigenvalue weighted by Crippen LogP contribution is -2.20. The van der Waals surface area contributed by atoms with Crippen LogP contribution in [-0.4, -0.2) is 35.7 Å². The molecule has 7 nitrogen and oxygen atoms in total. The van der Waals surface area contributed by atoms with Gasteiger partial charge in [-0.05, 0) is 59.7 Å². The van der Waals surface area contributed by atoms with Crippen molar-refractivity contribution in [2.24, 2.45) is 11.7 Å². The SMILES string of the molecule is COc1cc(C=C2CC(C)Cc3c2nc2ccccc2c3C(=O)O)ccc1OCC(N)=O. The van der Waals surface area contributed by atoms with Crippen LogP contribution < -0.4 is 15.2 Å². The third-order valence-corrected chi connectivity index (χ3v) is 5.53. The summed E-state index contributed by atoms with van der Waals surface area (Å²) in [4.78, 5) is 28.0. The highest BCUT2D eigenvalue weighted by molar-refractivity contribution is 6.06. The predicted molar refractivity (Wildman–Crippen MR) is 122 cm³/mol. The predicted octanol–water partition coefficient (Wildman–Crippen LogP) is 3.93. The van der Waals surface area contributed by atoms with Crippen LogP contribution in [0.2, 0.25) is 0 Å². The minimum Gasteiger partial charge on any atom is -0.493 e. The Kier molecular flexibility index (Phi) is 5.81. The Bertz CT molecular complexity index is 1250. The minimum absolute atomic E-state index is 0.239. The molecule has 1 unspecified atom stereocenters. The Morgan fingerprint density at radius 3 is 2.69 bits per heavy atom. The number of nitrogens with zero attached hydrogens (tertiary/aromatic N) is 1. The molecule has 0 radical (unpaired) electrons. The van der Waals surface area contributed by atoms with Gasteiger partial charge in [-0.15, -0.1) is 0 Å². The lowest BCUT2D eigenvalue weighted by molar-refractivity contribution is -0.119. The van der Waals surface area contributed by atoms with Crippen LogP contribution in [-0.2, 0) is 11.2 Å². The number of hydrogen-bond acceptors (Lipinski definition) is 5. The van der Waals surface area contributed by atoms with Gasteiger partial charge in [0.25, 0.3) is 5.91 Å². The Morgan fingerprint density at radius 2 is 1.97 bits per heavy atom. The Labute approximate surface area is 185 Å². The van der Waals surface area contributed by atoms with Crippen LogP contribution in [0.15, 0.2) is 42.5 Å². The van der Waals surface area contributed by atoms with Crippen molar-refractivity contribution >= 4 is 34.4 Å². The maximum Gasteiger partial charge on any atom is 0.336 e. The van der Waals surface area contributed by atoms with Crippen LogP contribution >= 0.6 is 0 Å². The summed E-state index contributed by atoms with van der Waals surface area (Å²) in [7, 11) is 1.52. The van der Waals surface area contributed by atoms with E-state index in [0.717, 1.165) is 28.8 Å². The van der Waals surface area contributed by atoms with Crippen LogP contribution in [0.3, 0.4) is 0 Å². The molecule has 1 amide bonds. The zero-order valence-corrected chi connectivity index (χ0v) is 17.9. The molecule has 7 heteroatoms. The van der Waals surface area contributed by atoms with Crippen LogP contribution in [0.5, 0.6) is 11.5 Å². The van der Waals surface area contributed by atoms with Crippen molar-refractivity contribution in [3.8, 4) is 11.5 Å². The number of carboxylic acids is 1. The number of methoxy groups -OCH3 is 1. The number of hydrogen-bond donors (Lipinski definition) is 2. The van der Waals surface area contributed by atoms with E-state index in [0.29, 0.717) is 34.4 Å². The molecule has 0 spiro atoms. The number of carbonyl (C=O) groups excluding carboxylic acids is 1. The number of benzene rings is 2. The summed E-state index contributed by atoms with van der Waals surface area (Å²) in [5.74, 6) is -0.343. The quantitative estimate of drug-likeness (QED) is 0.610. The molecule has 0 saturated heterocycles. The number of rotatable bonds is 6. The second-order valence-corrected chi connectivity index (χ2v) is 7.98. The molecule has 0 saturated carbocycles. The van der Waals surface area contributed by atoms with E-state index in [2.05, 4.69) is 6.92 Å².